The van der Waals surface area contributed by atoms with E-state index in [1.165, 1.54) is 38.7 Å². The molecular formula is C20H22FN5O6S. The average molecular weight is 479 g/mol. The van der Waals surface area contributed by atoms with Crippen LogP contribution in [0, 0.1) is 5.82 Å². The van der Waals surface area contributed by atoms with Crippen LogP contribution < -0.4 is 5.32 Å². The highest BCUT2D eigenvalue weighted by molar-refractivity contribution is 7.90. The summed E-state index contributed by atoms with van der Waals surface area (Å²) < 4.78 is 43.7. The Labute approximate surface area is 189 Å². The second kappa shape index (κ2) is 8.81. The number of sulfone groups is 1. The molecule has 1 fully saturated rings. The molecule has 0 bridgehead atoms. The molecule has 0 atom stereocenters. The number of benzene rings is 1. The average Bonchev–Trinajstić information content (AvgIpc) is 3.26. The van der Waals surface area contributed by atoms with Gasteiger partial charge < -0.3 is 19.9 Å². The molecule has 2 aliphatic heterocycles. The minimum Gasteiger partial charge on any atom is -0.450 e. The molecule has 3 heterocycles. The summed E-state index contributed by atoms with van der Waals surface area (Å²) in [7, 11) is -3.42. The number of amides is 3. The summed E-state index contributed by atoms with van der Waals surface area (Å²) in [5.41, 5.74) is 0.965. The fraction of sp³-hybridized carbons (Fsp3) is 0.400. The summed E-state index contributed by atoms with van der Waals surface area (Å²) in [6.45, 7) is 2.67. The Morgan fingerprint density at radius 3 is 2.33 bits per heavy atom. The van der Waals surface area contributed by atoms with Crippen molar-refractivity contribution in [1.29, 1.82) is 0 Å². The van der Waals surface area contributed by atoms with Crippen LogP contribution in [0.25, 0.3) is 5.69 Å². The number of carbonyl (C=O) groups is 3. The third-order valence-electron chi connectivity index (χ3n) is 5.38. The molecule has 1 N–H and O–H groups in total. The molecule has 2 aromatic rings. The van der Waals surface area contributed by atoms with Gasteiger partial charge in [0.25, 0.3) is 0 Å². The normalized spacial score (nSPS) is 16.9. The van der Waals surface area contributed by atoms with E-state index in [1.54, 1.807) is 6.92 Å². The lowest BCUT2D eigenvalue weighted by Crippen LogP contribution is -2.53. The van der Waals surface area contributed by atoms with Crippen molar-refractivity contribution in [1.82, 2.24) is 19.6 Å². The zero-order valence-corrected chi connectivity index (χ0v) is 18.6. The first kappa shape index (κ1) is 22.7. The molecule has 3 amide bonds. The van der Waals surface area contributed by atoms with Gasteiger partial charge in [-0.1, -0.05) is 0 Å². The maximum Gasteiger partial charge on any atom is 0.409 e. The summed E-state index contributed by atoms with van der Waals surface area (Å²) >= 11 is 0. The molecule has 1 saturated heterocycles. The summed E-state index contributed by atoms with van der Waals surface area (Å²) in [4.78, 5) is 40.1. The van der Waals surface area contributed by atoms with Crippen LogP contribution in [-0.2, 0) is 35.7 Å². The van der Waals surface area contributed by atoms with E-state index >= 15 is 0 Å². The summed E-state index contributed by atoms with van der Waals surface area (Å²) in [5.74, 6) is -2.81. The Hall–Kier alpha value is -3.48. The van der Waals surface area contributed by atoms with Crippen LogP contribution in [0.5, 0.6) is 0 Å². The highest BCUT2D eigenvalue weighted by atomic mass is 32.2. The predicted octanol–water partition coefficient (Wildman–Crippen LogP) is 0.679. The van der Waals surface area contributed by atoms with Crippen molar-refractivity contribution in [3.63, 3.8) is 0 Å². The van der Waals surface area contributed by atoms with Gasteiger partial charge in [-0.3, -0.25) is 9.59 Å². The van der Waals surface area contributed by atoms with Crippen LogP contribution in [0.3, 0.4) is 0 Å². The first-order valence-corrected chi connectivity index (χ1v) is 12.1. The molecule has 0 unspecified atom stereocenters. The monoisotopic (exact) mass is 479 g/mol. The van der Waals surface area contributed by atoms with Gasteiger partial charge in [-0.25, -0.2) is 22.3 Å². The fourth-order valence-corrected chi connectivity index (χ4v) is 5.25. The van der Waals surface area contributed by atoms with Crippen molar-refractivity contribution >= 4 is 33.6 Å². The van der Waals surface area contributed by atoms with Crippen LogP contribution in [-0.4, -0.2) is 78.7 Å². The lowest BCUT2D eigenvalue weighted by atomic mass is 10.2. The molecule has 1 aromatic carbocycles. The van der Waals surface area contributed by atoms with Gasteiger partial charge in [0.15, 0.2) is 9.84 Å². The third kappa shape index (κ3) is 4.67. The molecule has 4 rings (SSSR count). The van der Waals surface area contributed by atoms with Gasteiger partial charge in [-0.05, 0) is 31.2 Å². The van der Waals surface area contributed by atoms with E-state index < -0.39 is 33.6 Å². The maximum atomic E-state index is 13.3. The number of rotatable bonds is 3. The van der Waals surface area contributed by atoms with E-state index in [-0.39, 0.29) is 55.8 Å². The largest absolute Gasteiger partial charge is 0.450 e. The lowest BCUT2D eigenvalue weighted by Gasteiger charge is -2.33. The van der Waals surface area contributed by atoms with Gasteiger partial charge in [0, 0.05) is 31.7 Å². The third-order valence-corrected chi connectivity index (χ3v) is 6.82. The zero-order valence-electron chi connectivity index (χ0n) is 17.8. The first-order chi connectivity index (χ1) is 15.7. The molecule has 11 nitrogen and oxygen atoms in total. The number of anilines is 1. The molecule has 0 spiro atoms. The number of hydrogen-bond donors (Lipinski definition) is 1. The van der Waals surface area contributed by atoms with Crippen molar-refractivity contribution in [3.8, 4) is 5.69 Å². The van der Waals surface area contributed by atoms with Gasteiger partial charge >= 0.3 is 17.9 Å². The summed E-state index contributed by atoms with van der Waals surface area (Å²) in [5, 5.41) is 6.78. The maximum absolute atomic E-state index is 13.3. The molecule has 0 radical (unpaired) electrons. The van der Waals surface area contributed by atoms with Crippen molar-refractivity contribution in [2.24, 2.45) is 0 Å². The Balaban J connectivity index is 1.52. The van der Waals surface area contributed by atoms with E-state index in [1.807, 2.05) is 0 Å². The van der Waals surface area contributed by atoms with Gasteiger partial charge in [-0.15, -0.1) is 0 Å². The molecule has 2 aliphatic rings. The van der Waals surface area contributed by atoms with E-state index in [0.717, 1.165) is 0 Å². The molecule has 0 saturated carbocycles. The van der Waals surface area contributed by atoms with Crippen molar-refractivity contribution in [2.45, 2.75) is 18.4 Å². The van der Waals surface area contributed by atoms with Crippen LogP contribution in [0.2, 0.25) is 0 Å². The number of aromatic nitrogens is 2. The highest BCUT2D eigenvalue weighted by Crippen LogP contribution is 2.33. The van der Waals surface area contributed by atoms with Gasteiger partial charge in [0.05, 0.1) is 29.5 Å². The molecule has 33 heavy (non-hydrogen) atoms. The van der Waals surface area contributed by atoms with E-state index in [2.05, 4.69) is 10.4 Å². The van der Waals surface area contributed by atoms with Crippen LogP contribution in [0.4, 0.5) is 15.0 Å². The number of hydrogen-bond acceptors (Lipinski definition) is 7. The van der Waals surface area contributed by atoms with Crippen LogP contribution in [0.15, 0.2) is 24.3 Å². The van der Waals surface area contributed by atoms with E-state index in [0.29, 0.717) is 11.3 Å². The zero-order chi connectivity index (χ0) is 23.8. The lowest BCUT2D eigenvalue weighted by molar-refractivity contribution is -0.144. The molecule has 13 heteroatoms. The Morgan fingerprint density at radius 2 is 1.70 bits per heavy atom. The number of fused-ring (bicyclic) bond motifs is 1. The highest BCUT2D eigenvalue weighted by Gasteiger charge is 2.35. The smallest absolute Gasteiger partial charge is 0.409 e. The molecular weight excluding hydrogens is 457 g/mol. The van der Waals surface area contributed by atoms with Gasteiger partial charge in [0.1, 0.15) is 11.6 Å². The number of nitrogens with one attached hydrogen (secondary N) is 1. The Morgan fingerprint density at radius 1 is 1.06 bits per heavy atom. The minimum absolute atomic E-state index is 0.0567. The number of piperazine rings is 1. The quantitative estimate of drug-likeness (QED) is 0.641. The van der Waals surface area contributed by atoms with Crippen LogP contribution >= 0.6 is 0 Å². The standard InChI is InChI=1S/C20H22FN5O6S/c1-2-32-20(29)25-9-7-24(8-10-25)19(28)18(27)22-17-15-11-33(30,31)12-16(15)23-26(17)14-5-3-13(21)4-6-14/h3-6H,2,7-12H2,1H3,(H,22,27). The predicted molar refractivity (Wildman–Crippen MR) is 114 cm³/mol. The first-order valence-electron chi connectivity index (χ1n) is 10.3. The number of nitrogens with zero attached hydrogens (tertiary/aromatic N) is 4. The number of carbonyl (C=O) groups excluding carboxylic acids is 3. The second-order valence-electron chi connectivity index (χ2n) is 7.63. The number of ether oxygens (including phenoxy) is 1. The fourth-order valence-electron chi connectivity index (χ4n) is 3.75. The SMILES string of the molecule is CCOC(=O)N1CCN(C(=O)C(=O)Nc2c3c(nn2-c2ccc(F)cc2)CS(=O)(=O)C3)CC1. The van der Waals surface area contributed by atoms with Crippen LogP contribution in [0.1, 0.15) is 18.2 Å². The van der Waals surface area contributed by atoms with Gasteiger partial charge in [-0.2, -0.15) is 5.10 Å². The summed E-state index contributed by atoms with van der Waals surface area (Å²) in [6, 6.07) is 5.27. The van der Waals surface area contributed by atoms with Crippen molar-refractivity contribution in [2.75, 3.05) is 38.1 Å². The second-order valence-corrected chi connectivity index (χ2v) is 9.69. The van der Waals surface area contributed by atoms with Crippen molar-refractivity contribution < 1.29 is 31.9 Å². The molecule has 0 aliphatic carbocycles. The Kier molecular flexibility index (Phi) is 6.06. The van der Waals surface area contributed by atoms with Gasteiger partial charge in [0.2, 0.25) is 0 Å². The van der Waals surface area contributed by atoms with E-state index in [9.17, 15) is 27.2 Å². The van der Waals surface area contributed by atoms with Crippen molar-refractivity contribution in [3.05, 3.63) is 41.3 Å². The molecule has 1 aromatic heterocycles. The molecule has 176 valence electrons. The Bertz CT molecular complexity index is 1200. The topological polar surface area (TPSA) is 131 Å². The number of halogens is 1. The summed E-state index contributed by atoms with van der Waals surface area (Å²) in [6.07, 6.45) is -0.478. The van der Waals surface area contributed by atoms with E-state index in [4.69, 9.17) is 4.74 Å². The minimum atomic E-state index is -3.42.